The van der Waals surface area contributed by atoms with E-state index in [-0.39, 0.29) is 6.04 Å². The lowest BCUT2D eigenvalue weighted by atomic mass is 10.0. The van der Waals surface area contributed by atoms with Gasteiger partial charge in [0, 0.05) is 17.1 Å². The number of benzene rings is 1. The summed E-state index contributed by atoms with van der Waals surface area (Å²) >= 11 is 6.20. The van der Waals surface area contributed by atoms with Crippen LogP contribution in [0.5, 0.6) is 0 Å². The maximum atomic E-state index is 6.20. The van der Waals surface area contributed by atoms with Crippen molar-refractivity contribution in [2.24, 2.45) is 5.73 Å². The molecule has 1 aromatic carbocycles. The lowest BCUT2D eigenvalue weighted by Gasteiger charge is -2.07. The minimum absolute atomic E-state index is 0.162. The van der Waals surface area contributed by atoms with Crippen molar-refractivity contribution in [3.05, 3.63) is 40.5 Å². The van der Waals surface area contributed by atoms with E-state index in [4.69, 9.17) is 17.3 Å². The van der Waals surface area contributed by atoms with E-state index >= 15 is 0 Å². The highest BCUT2D eigenvalue weighted by molar-refractivity contribution is 6.35. The third-order valence-electron chi connectivity index (χ3n) is 2.51. The van der Waals surface area contributed by atoms with Crippen molar-refractivity contribution in [2.75, 3.05) is 0 Å². The topological polar surface area (TPSA) is 38.9 Å². The van der Waals surface area contributed by atoms with Crippen molar-refractivity contribution in [1.82, 2.24) is 4.98 Å². The summed E-state index contributed by atoms with van der Waals surface area (Å²) in [5, 5.41) is 1.76. The number of aromatic nitrogens is 1. The Kier molecular flexibility index (Phi) is 3.13. The van der Waals surface area contributed by atoms with Crippen molar-refractivity contribution in [1.29, 1.82) is 0 Å². The Morgan fingerprint density at radius 2 is 2.12 bits per heavy atom. The van der Waals surface area contributed by atoms with Gasteiger partial charge in [0.25, 0.3) is 0 Å². The van der Waals surface area contributed by atoms with Gasteiger partial charge in [-0.15, -0.1) is 0 Å². The van der Waals surface area contributed by atoms with Crippen molar-refractivity contribution in [2.45, 2.75) is 26.3 Å². The summed E-state index contributed by atoms with van der Waals surface area (Å²) in [5.74, 6) is 0. The monoisotopic (exact) mass is 234 g/mol. The molecule has 16 heavy (non-hydrogen) atoms. The standard InChI is InChI=1S/C13H15ClN2/c1-8(15)5-10-3-4-13-11(7-10)12(14)6-9(2)16-13/h3-4,6-8H,5,15H2,1-2H3. The van der Waals surface area contributed by atoms with Gasteiger partial charge in [-0.1, -0.05) is 17.7 Å². The number of pyridine rings is 1. The zero-order valence-corrected chi connectivity index (χ0v) is 10.3. The lowest BCUT2D eigenvalue weighted by molar-refractivity contribution is 0.739. The predicted octanol–water partition coefficient (Wildman–Crippen LogP) is 3.09. The third-order valence-corrected chi connectivity index (χ3v) is 2.82. The molecule has 0 aliphatic heterocycles. The zero-order chi connectivity index (χ0) is 11.7. The Morgan fingerprint density at radius 1 is 1.38 bits per heavy atom. The number of fused-ring (bicyclic) bond motifs is 1. The van der Waals surface area contributed by atoms with Gasteiger partial charge in [0.1, 0.15) is 0 Å². The summed E-state index contributed by atoms with van der Waals surface area (Å²) in [7, 11) is 0. The molecule has 0 saturated heterocycles. The lowest BCUT2D eigenvalue weighted by Crippen LogP contribution is -2.17. The average molecular weight is 235 g/mol. The number of nitrogens with zero attached hydrogens (tertiary/aromatic N) is 1. The minimum atomic E-state index is 0.162. The number of halogens is 1. The number of hydrogen-bond acceptors (Lipinski definition) is 2. The van der Waals surface area contributed by atoms with Crippen LogP contribution < -0.4 is 5.73 Å². The van der Waals surface area contributed by atoms with Crippen LogP contribution in [-0.2, 0) is 6.42 Å². The molecular weight excluding hydrogens is 220 g/mol. The van der Waals surface area contributed by atoms with E-state index in [1.807, 2.05) is 26.0 Å². The van der Waals surface area contributed by atoms with Gasteiger partial charge in [-0.05, 0) is 44.0 Å². The van der Waals surface area contributed by atoms with Gasteiger partial charge in [0.05, 0.1) is 10.5 Å². The highest BCUT2D eigenvalue weighted by Gasteiger charge is 2.04. The van der Waals surface area contributed by atoms with E-state index in [2.05, 4.69) is 17.1 Å². The third kappa shape index (κ3) is 2.34. The van der Waals surface area contributed by atoms with Crippen LogP contribution >= 0.6 is 11.6 Å². The van der Waals surface area contributed by atoms with E-state index in [0.29, 0.717) is 0 Å². The first-order chi connectivity index (χ1) is 7.56. The Morgan fingerprint density at radius 3 is 2.81 bits per heavy atom. The van der Waals surface area contributed by atoms with Crippen LogP contribution in [0.25, 0.3) is 10.9 Å². The highest BCUT2D eigenvalue weighted by Crippen LogP contribution is 2.24. The van der Waals surface area contributed by atoms with E-state index in [1.54, 1.807) is 0 Å². The van der Waals surface area contributed by atoms with Gasteiger partial charge in [-0.3, -0.25) is 4.98 Å². The summed E-state index contributed by atoms with van der Waals surface area (Å²) in [5.41, 5.74) is 8.87. The maximum absolute atomic E-state index is 6.20. The van der Waals surface area contributed by atoms with Crippen LogP contribution in [0.2, 0.25) is 5.02 Å². The molecule has 0 aliphatic rings. The van der Waals surface area contributed by atoms with Crippen molar-refractivity contribution in [3.63, 3.8) is 0 Å². The number of hydrogen-bond donors (Lipinski definition) is 1. The molecule has 1 unspecified atom stereocenters. The molecule has 84 valence electrons. The summed E-state index contributed by atoms with van der Waals surface area (Å²) in [6.07, 6.45) is 0.861. The maximum Gasteiger partial charge on any atom is 0.0720 e. The molecule has 0 spiro atoms. The van der Waals surface area contributed by atoms with Gasteiger partial charge in [0.15, 0.2) is 0 Å². The molecule has 0 saturated carbocycles. The van der Waals surface area contributed by atoms with Gasteiger partial charge in [-0.2, -0.15) is 0 Å². The molecule has 0 fully saturated rings. The Bertz CT molecular complexity index is 521. The molecule has 0 radical (unpaired) electrons. The molecule has 0 amide bonds. The van der Waals surface area contributed by atoms with Crippen molar-refractivity contribution >= 4 is 22.5 Å². The second-order valence-corrected chi connectivity index (χ2v) is 4.69. The average Bonchev–Trinajstić information content (AvgIpc) is 2.18. The van der Waals surface area contributed by atoms with Crippen LogP contribution in [-0.4, -0.2) is 11.0 Å². The fraction of sp³-hybridized carbons (Fsp3) is 0.308. The number of aryl methyl sites for hydroxylation is 1. The molecule has 0 bridgehead atoms. The Hall–Kier alpha value is -1.12. The van der Waals surface area contributed by atoms with Gasteiger partial charge >= 0.3 is 0 Å². The van der Waals surface area contributed by atoms with Crippen LogP contribution in [0.1, 0.15) is 18.2 Å². The molecule has 1 atom stereocenters. The van der Waals surface area contributed by atoms with Gasteiger partial charge in [0.2, 0.25) is 0 Å². The van der Waals surface area contributed by atoms with Crippen molar-refractivity contribution in [3.8, 4) is 0 Å². The molecule has 2 nitrogen and oxygen atoms in total. The van der Waals surface area contributed by atoms with E-state index in [0.717, 1.165) is 28.0 Å². The van der Waals surface area contributed by atoms with Gasteiger partial charge < -0.3 is 5.73 Å². The molecule has 1 aromatic heterocycles. The quantitative estimate of drug-likeness (QED) is 0.867. The Labute approximate surface area is 100 Å². The summed E-state index contributed by atoms with van der Waals surface area (Å²) in [6, 6.07) is 8.20. The minimum Gasteiger partial charge on any atom is -0.328 e. The van der Waals surface area contributed by atoms with Crippen LogP contribution in [0, 0.1) is 6.92 Å². The molecule has 0 aliphatic carbocycles. The van der Waals surface area contributed by atoms with E-state index in [9.17, 15) is 0 Å². The molecule has 3 heteroatoms. The molecule has 1 heterocycles. The highest BCUT2D eigenvalue weighted by atomic mass is 35.5. The normalized spacial score (nSPS) is 13.0. The smallest absolute Gasteiger partial charge is 0.0720 e. The largest absolute Gasteiger partial charge is 0.328 e. The van der Waals surface area contributed by atoms with Crippen LogP contribution in [0.4, 0.5) is 0 Å². The molecule has 2 rings (SSSR count). The molecular formula is C13H15ClN2. The summed E-state index contributed by atoms with van der Waals surface area (Å²) in [4.78, 5) is 4.44. The van der Waals surface area contributed by atoms with Crippen LogP contribution in [0.15, 0.2) is 24.3 Å². The first-order valence-corrected chi connectivity index (χ1v) is 5.75. The summed E-state index contributed by atoms with van der Waals surface area (Å²) in [6.45, 7) is 3.94. The Balaban J connectivity index is 2.53. The number of nitrogens with two attached hydrogens (primary N) is 1. The molecule has 2 N–H and O–H groups in total. The van der Waals surface area contributed by atoms with E-state index in [1.165, 1.54) is 5.56 Å². The fourth-order valence-corrected chi connectivity index (χ4v) is 2.16. The molecule has 2 aromatic rings. The fourth-order valence-electron chi connectivity index (χ4n) is 1.85. The SMILES string of the molecule is Cc1cc(Cl)c2cc(CC(C)N)ccc2n1. The van der Waals surface area contributed by atoms with Crippen LogP contribution in [0.3, 0.4) is 0 Å². The summed E-state index contributed by atoms with van der Waals surface area (Å²) < 4.78 is 0. The second-order valence-electron chi connectivity index (χ2n) is 4.28. The predicted molar refractivity (Wildman–Crippen MR) is 68.8 cm³/mol. The zero-order valence-electron chi connectivity index (χ0n) is 9.50. The first kappa shape index (κ1) is 11.4. The first-order valence-electron chi connectivity index (χ1n) is 5.37. The second kappa shape index (κ2) is 4.40. The van der Waals surface area contributed by atoms with Crippen molar-refractivity contribution < 1.29 is 0 Å². The number of rotatable bonds is 2. The van der Waals surface area contributed by atoms with E-state index < -0.39 is 0 Å². The van der Waals surface area contributed by atoms with Gasteiger partial charge in [-0.25, -0.2) is 0 Å².